The Kier molecular flexibility index (Phi) is 5.30. The van der Waals surface area contributed by atoms with Crippen LogP contribution in [0, 0.1) is 0 Å². The third-order valence-electron chi connectivity index (χ3n) is 4.01. The Balaban J connectivity index is 1.68. The van der Waals surface area contributed by atoms with Crippen LogP contribution in [0.15, 0.2) is 42.5 Å². The fraction of sp³-hybridized carbons (Fsp3) is 0.200. The van der Waals surface area contributed by atoms with Crippen LogP contribution in [0.5, 0.6) is 17.2 Å². The minimum absolute atomic E-state index is 0.223. The molecule has 2 aromatic carbocycles. The molecule has 3 rings (SSSR count). The van der Waals surface area contributed by atoms with E-state index >= 15 is 0 Å². The van der Waals surface area contributed by atoms with Gasteiger partial charge in [0.05, 0.1) is 19.9 Å². The number of amides is 2. The highest BCUT2D eigenvalue weighted by Gasteiger charge is 2.23. The first kappa shape index (κ1) is 18.3. The van der Waals surface area contributed by atoms with Crippen molar-refractivity contribution in [3.05, 3.63) is 48.0 Å². The number of hydrogen-bond acceptors (Lipinski definition) is 5. The highest BCUT2D eigenvalue weighted by atomic mass is 16.5. The van der Waals surface area contributed by atoms with Gasteiger partial charge in [-0.25, -0.2) is 0 Å². The third-order valence-corrected chi connectivity index (χ3v) is 4.01. The molecule has 0 aliphatic carbocycles. The Bertz CT molecular complexity index is 907. The van der Waals surface area contributed by atoms with Gasteiger partial charge in [0, 0.05) is 11.8 Å². The highest BCUT2D eigenvalue weighted by Crippen LogP contribution is 2.32. The summed E-state index contributed by atoms with van der Waals surface area (Å²) in [6, 6.07) is 10.4. The number of anilines is 2. The van der Waals surface area contributed by atoms with Crippen molar-refractivity contribution in [1.82, 2.24) is 0 Å². The summed E-state index contributed by atoms with van der Waals surface area (Å²) in [4.78, 5) is 23.9. The Morgan fingerprint density at radius 3 is 2.67 bits per heavy atom. The van der Waals surface area contributed by atoms with Crippen molar-refractivity contribution in [2.75, 3.05) is 24.9 Å². The summed E-state index contributed by atoms with van der Waals surface area (Å²) in [5.41, 5.74) is 1.87. The van der Waals surface area contributed by atoms with Crippen molar-refractivity contribution in [1.29, 1.82) is 0 Å². The first-order chi connectivity index (χ1) is 13.0. The predicted octanol–water partition coefficient (Wildman–Crippen LogP) is 3.08. The molecule has 0 aromatic heterocycles. The van der Waals surface area contributed by atoms with E-state index in [1.54, 1.807) is 57.6 Å². The van der Waals surface area contributed by atoms with Crippen LogP contribution in [-0.4, -0.2) is 32.1 Å². The molecule has 1 aliphatic heterocycles. The van der Waals surface area contributed by atoms with Crippen LogP contribution in [0.4, 0.5) is 11.4 Å². The monoisotopic (exact) mass is 368 g/mol. The van der Waals surface area contributed by atoms with Gasteiger partial charge in [0.25, 0.3) is 5.91 Å². The molecule has 27 heavy (non-hydrogen) atoms. The number of methoxy groups -OCH3 is 2. The Hall–Kier alpha value is -3.48. The second-order valence-corrected chi connectivity index (χ2v) is 5.90. The molecule has 1 heterocycles. The van der Waals surface area contributed by atoms with Crippen molar-refractivity contribution in [3.63, 3.8) is 0 Å². The molecule has 0 spiro atoms. The van der Waals surface area contributed by atoms with Gasteiger partial charge >= 0.3 is 0 Å². The number of carbonyl (C=O) groups is 2. The van der Waals surface area contributed by atoms with E-state index in [9.17, 15) is 9.59 Å². The molecule has 0 bridgehead atoms. The SMILES string of the molecule is COc1ccc(/C=C/C(=O)Nc2ccc3c(c2)NC(=O)C(C)O3)cc1OC. The number of fused-ring (bicyclic) bond motifs is 1. The van der Waals surface area contributed by atoms with E-state index in [-0.39, 0.29) is 11.8 Å². The molecule has 2 aromatic rings. The van der Waals surface area contributed by atoms with Gasteiger partial charge in [-0.3, -0.25) is 9.59 Å². The van der Waals surface area contributed by atoms with Crippen molar-refractivity contribution < 1.29 is 23.8 Å². The fourth-order valence-corrected chi connectivity index (χ4v) is 2.60. The van der Waals surface area contributed by atoms with Crippen LogP contribution in [0.1, 0.15) is 12.5 Å². The van der Waals surface area contributed by atoms with E-state index in [1.807, 2.05) is 6.07 Å². The summed E-state index contributed by atoms with van der Waals surface area (Å²) in [5.74, 6) is 1.24. The van der Waals surface area contributed by atoms with E-state index in [2.05, 4.69) is 10.6 Å². The molecule has 0 fully saturated rings. The van der Waals surface area contributed by atoms with Crippen molar-refractivity contribution in [2.24, 2.45) is 0 Å². The fourth-order valence-electron chi connectivity index (χ4n) is 2.60. The second-order valence-electron chi connectivity index (χ2n) is 5.90. The summed E-state index contributed by atoms with van der Waals surface area (Å²) < 4.78 is 15.9. The Morgan fingerprint density at radius 1 is 1.15 bits per heavy atom. The highest BCUT2D eigenvalue weighted by molar-refractivity contribution is 6.03. The van der Waals surface area contributed by atoms with E-state index in [0.29, 0.717) is 28.6 Å². The van der Waals surface area contributed by atoms with Crippen LogP contribution in [0.2, 0.25) is 0 Å². The molecule has 2 amide bonds. The smallest absolute Gasteiger partial charge is 0.265 e. The van der Waals surface area contributed by atoms with Gasteiger partial charge in [0.2, 0.25) is 5.91 Å². The predicted molar refractivity (Wildman–Crippen MR) is 102 cm³/mol. The molecule has 2 N–H and O–H groups in total. The quantitative estimate of drug-likeness (QED) is 0.792. The number of rotatable bonds is 5. The van der Waals surface area contributed by atoms with E-state index in [1.165, 1.54) is 6.08 Å². The van der Waals surface area contributed by atoms with Crippen molar-refractivity contribution in [3.8, 4) is 17.2 Å². The number of ether oxygens (including phenoxy) is 3. The maximum Gasteiger partial charge on any atom is 0.265 e. The van der Waals surface area contributed by atoms with Gasteiger partial charge < -0.3 is 24.8 Å². The third kappa shape index (κ3) is 4.20. The zero-order chi connectivity index (χ0) is 19.4. The summed E-state index contributed by atoms with van der Waals surface area (Å²) >= 11 is 0. The molecular formula is C20H20N2O5. The average Bonchev–Trinajstić information content (AvgIpc) is 2.67. The summed E-state index contributed by atoms with van der Waals surface area (Å²) in [7, 11) is 3.12. The van der Waals surface area contributed by atoms with E-state index < -0.39 is 6.10 Å². The lowest BCUT2D eigenvalue weighted by atomic mass is 10.2. The summed E-state index contributed by atoms with van der Waals surface area (Å²) in [6.45, 7) is 1.67. The average molecular weight is 368 g/mol. The molecule has 1 aliphatic rings. The molecule has 0 saturated heterocycles. The van der Waals surface area contributed by atoms with E-state index in [4.69, 9.17) is 14.2 Å². The minimum Gasteiger partial charge on any atom is -0.493 e. The van der Waals surface area contributed by atoms with Crippen LogP contribution in [0.25, 0.3) is 6.08 Å². The number of carbonyl (C=O) groups excluding carboxylic acids is 2. The molecule has 7 heteroatoms. The van der Waals surface area contributed by atoms with Crippen LogP contribution >= 0.6 is 0 Å². The molecule has 1 atom stereocenters. The molecule has 7 nitrogen and oxygen atoms in total. The lowest BCUT2D eigenvalue weighted by Gasteiger charge is -2.23. The first-order valence-corrected chi connectivity index (χ1v) is 8.33. The zero-order valence-electron chi connectivity index (χ0n) is 15.2. The zero-order valence-corrected chi connectivity index (χ0v) is 15.2. The molecule has 1 unspecified atom stereocenters. The molecule has 140 valence electrons. The summed E-state index contributed by atoms with van der Waals surface area (Å²) in [5, 5.41) is 5.50. The number of nitrogens with one attached hydrogen (secondary N) is 2. The second kappa shape index (κ2) is 7.82. The van der Waals surface area contributed by atoms with Gasteiger partial charge in [-0.15, -0.1) is 0 Å². The lowest BCUT2D eigenvalue weighted by molar-refractivity contribution is -0.122. The van der Waals surface area contributed by atoms with Gasteiger partial charge in [0.1, 0.15) is 5.75 Å². The Labute approximate surface area is 156 Å². The van der Waals surface area contributed by atoms with Crippen LogP contribution < -0.4 is 24.8 Å². The van der Waals surface area contributed by atoms with Crippen molar-refractivity contribution in [2.45, 2.75) is 13.0 Å². The first-order valence-electron chi connectivity index (χ1n) is 8.33. The van der Waals surface area contributed by atoms with E-state index in [0.717, 1.165) is 5.56 Å². The van der Waals surface area contributed by atoms with Gasteiger partial charge in [-0.1, -0.05) is 6.07 Å². The molecule has 0 saturated carbocycles. The lowest BCUT2D eigenvalue weighted by Crippen LogP contribution is -2.34. The largest absolute Gasteiger partial charge is 0.493 e. The normalized spacial score (nSPS) is 15.5. The topological polar surface area (TPSA) is 85.9 Å². The number of benzene rings is 2. The molecular weight excluding hydrogens is 348 g/mol. The Morgan fingerprint density at radius 2 is 1.93 bits per heavy atom. The maximum atomic E-state index is 12.2. The van der Waals surface area contributed by atoms with Crippen LogP contribution in [-0.2, 0) is 9.59 Å². The minimum atomic E-state index is -0.539. The van der Waals surface area contributed by atoms with Gasteiger partial charge in [-0.05, 0) is 48.9 Å². The summed E-state index contributed by atoms with van der Waals surface area (Å²) in [6.07, 6.45) is 2.54. The number of hydrogen-bond donors (Lipinski definition) is 2. The van der Waals surface area contributed by atoms with Gasteiger partial charge in [-0.2, -0.15) is 0 Å². The van der Waals surface area contributed by atoms with Crippen LogP contribution in [0.3, 0.4) is 0 Å². The maximum absolute atomic E-state index is 12.2. The van der Waals surface area contributed by atoms with Gasteiger partial charge in [0.15, 0.2) is 17.6 Å². The van der Waals surface area contributed by atoms with Crippen molar-refractivity contribution >= 4 is 29.3 Å². The molecule has 0 radical (unpaired) electrons. The standard InChI is InChI=1S/C20H20N2O5/c1-12-20(24)22-15-11-14(6-8-16(15)27-12)21-19(23)9-5-13-4-7-17(25-2)18(10-13)26-3/h4-12H,1-3H3,(H,21,23)(H,22,24)/b9-5+.